The number of aromatic nitrogens is 6. The van der Waals surface area contributed by atoms with Crippen LogP contribution in [0.25, 0.3) is 11.2 Å². The maximum Gasteiger partial charge on any atom is 0.350 e. The van der Waals surface area contributed by atoms with E-state index in [-0.39, 0.29) is 0 Å². The van der Waals surface area contributed by atoms with Crippen molar-refractivity contribution in [2.45, 2.75) is 31.8 Å². The zero-order valence-electron chi connectivity index (χ0n) is 21.1. The van der Waals surface area contributed by atoms with E-state index in [1.165, 1.54) is 16.2 Å². The van der Waals surface area contributed by atoms with E-state index in [0.717, 1.165) is 11.1 Å². The fourth-order valence-electron chi connectivity index (χ4n) is 3.79. The molecule has 0 amide bonds. The molecule has 2 N–H and O–H groups in total. The van der Waals surface area contributed by atoms with Gasteiger partial charge >= 0.3 is 5.97 Å². The molecule has 38 heavy (non-hydrogen) atoms. The first kappa shape index (κ1) is 25.6. The number of imidazole rings is 1. The molecule has 5 rings (SSSR count). The van der Waals surface area contributed by atoms with Crippen LogP contribution in [0.15, 0.2) is 60.0 Å². The van der Waals surface area contributed by atoms with Gasteiger partial charge in [-0.1, -0.05) is 29.5 Å². The highest BCUT2D eigenvalue weighted by Crippen LogP contribution is 2.28. The lowest BCUT2D eigenvalue weighted by atomic mass is 10.2. The number of carbonyl (C=O) groups excluding carboxylic acids is 1. The van der Waals surface area contributed by atoms with E-state index in [0.29, 0.717) is 58.3 Å². The van der Waals surface area contributed by atoms with Crippen molar-refractivity contribution in [3.05, 3.63) is 76.8 Å². The molecule has 0 bridgehead atoms. The van der Waals surface area contributed by atoms with Crippen molar-refractivity contribution in [2.75, 3.05) is 23.5 Å². The number of rotatable bonds is 10. The average Bonchev–Trinajstić information content (AvgIpc) is 3.51. The standard InChI is InChI=1S/C26H26N8O2S2/c1-4-36-24(35)21-16(2)30-26(38-21)33-25-31-22(28-13-18-6-5-11-27-12-18)20-23(32-25)34(15-29-20)14-17-7-9-19(37-3)10-8-17/h5-12,15H,4,13-14H2,1-3H3,(H2,28,30,31,32,33). The van der Waals surface area contributed by atoms with Crippen LogP contribution in [0.4, 0.5) is 16.9 Å². The number of ether oxygens (including phenoxy) is 1. The molecule has 0 spiro atoms. The number of aryl methyl sites for hydroxylation is 1. The van der Waals surface area contributed by atoms with Gasteiger partial charge in [0.1, 0.15) is 4.88 Å². The highest BCUT2D eigenvalue weighted by Gasteiger charge is 2.19. The molecule has 10 nitrogen and oxygen atoms in total. The molecule has 5 aromatic rings. The first-order valence-corrected chi connectivity index (χ1v) is 14.0. The summed E-state index contributed by atoms with van der Waals surface area (Å²) in [5.74, 6) is 0.530. The van der Waals surface area contributed by atoms with Crippen LogP contribution in [0.5, 0.6) is 0 Å². The van der Waals surface area contributed by atoms with Crippen molar-refractivity contribution in [3.8, 4) is 0 Å². The van der Waals surface area contributed by atoms with E-state index in [9.17, 15) is 4.79 Å². The third kappa shape index (κ3) is 5.76. The van der Waals surface area contributed by atoms with Gasteiger partial charge in [-0.25, -0.2) is 14.8 Å². The number of benzene rings is 1. The Kier molecular flexibility index (Phi) is 7.80. The zero-order chi connectivity index (χ0) is 26.5. The minimum atomic E-state index is -0.392. The largest absolute Gasteiger partial charge is 0.462 e. The monoisotopic (exact) mass is 546 g/mol. The molecule has 194 valence electrons. The van der Waals surface area contributed by atoms with Gasteiger partial charge in [0.25, 0.3) is 0 Å². The van der Waals surface area contributed by atoms with Gasteiger partial charge in [-0.2, -0.15) is 9.97 Å². The van der Waals surface area contributed by atoms with Gasteiger partial charge in [-0.05, 0) is 49.4 Å². The third-order valence-electron chi connectivity index (χ3n) is 5.63. The number of pyridine rings is 1. The van der Waals surface area contributed by atoms with E-state index < -0.39 is 5.97 Å². The smallest absolute Gasteiger partial charge is 0.350 e. The van der Waals surface area contributed by atoms with Crippen LogP contribution in [0, 0.1) is 6.92 Å². The molecule has 1 aromatic carbocycles. The summed E-state index contributed by atoms with van der Waals surface area (Å²) in [7, 11) is 0. The van der Waals surface area contributed by atoms with Crippen LogP contribution in [0.3, 0.4) is 0 Å². The van der Waals surface area contributed by atoms with E-state index >= 15 is 0 Å². The topological polar surface area (TPSA) is 120 Å². The first-order chi connectivity index (χ1) is 18.5. The van der Waals surface area contributed by atoms with Crippen molar-refractivity contribution >= 4 is 57.1 Å². The molecule has 4 aromatic heterocycles. The van der Waals surface area contributed by atoms with E-state index in [1.54, 1.807) is 44.3 Å². The Balaban J connectivity index is 1.48. The Morgan fingerprint density at radius 3 is 2.71 bits per heavy atom. The second kappa shape index (κ2) is 11.6. The molecular formula is C26H26N8O2S2. The Bertz CT molecular complexity index is 1550. The Hall–Kier alpha value is -4.03. The van der Waals surface area contributed by atoms with Crippen molar-refractivity contribution in [1.82, 2.24) is 29.5 Å². The summed E-state index contributed by atoms with van der Waals surface area (Å²) in [6.45, 7) is 4.97. The molecular weight excluding hydrogens is 520 g/mol. The van der Waals surface area contributed by atoms with Crippen molar-refractivity contribution < 1.29 is 9.53 Å². The van der Waals surface area contributed by atoms with E-state index in [4.69, 9.17) is 14.7 Å². The normalized spacial score (nSPS) is 11.0. The SMILES string of the molecule is CCOC(=O)c1sc(Nc2nc(NCc3cccnc3)c3ncn(Cc4ccc(SC)cc4)c3n2)nc1C. The highest BCUT2D eigenvalue weighted by atomic mass is 32.2. The molecule has 0 fully saturated rings. The molecule has 0 saturated carbocycles. The van der Waals surface area contributed by atoms with E-state index in [2.05, 4.69) is 56.1 Å². The van der Waals surface area contributed by atoms with Gasteiger partial charge in [-0.3, -0.25) is 10.3 Å². The predicted octanol–water partition coefficient (Wildman–Crippen LogP) is 5.29. The van der Waals surface area contributed by atoms with Crippen molar-refractivity contribution in [1.29, 1.82) is 0 Å². The molecule has 0 aliphatic carbocycles. The number of nitrogens with zero attached hydrogens (tertiary/aromatic N) is 6. The van der Waals surface area contributed by atoms with Gasteiger partial charge in [0.05, 0.1) is 25.2 Å². The number of nitrogens with one attached hydrogen (secondary N) is 2. The number of thioether (sulfide) groups is 1. The van der Waals surface area contributed by atoms with Crippen LogP contribution >= 0.6 is 23.1 Å². The Morgan fingerprint density at radius 1 is 1.13 bits per heavy atom. The molecule has 4 heterocycles. The number of anilines is 3. The lowest BCUT2D eigenvalue weighted by Crippen LogP contribution is -2.07. The Labute approximate surface area is 227 Å². The second-order valence-corrected chi connectivity index (χ2v) is 10.2. The summed E-state index contributed by atoms with van der Waals surface area (Å²) >= 11 is 2.92. The maximum absolute atomic E-state index is 12.3. The number of thiazole rings is 1. The van der Waals surface area contributed by atoms with Crippen LogP contribution < -0.4 is 10.6 Å². The number of hydrogen-bond donors (Lipinski definition) is 2. The lowest BCUT2D eigenvalue weighted by Gasteiger charge is -2.10. The van der Waals surface area contributed by atoms with Crippen LogP contribution in [-0.4, -0.2) is 48.3 Å². The highest BCUT2D eigenvalue weighted by molar-refractivity contribution is 7.98. The molecule has 0 aliphatic rings. The van der Waals surface area contributed by atoms with Gasteiger partial charge in [0.2, 0.25) is 5.95 Å². The summed E-state index contributed by atoms with van der Waals surface area (Å²) in [5.41, 5.74) is 4.06. The van der Waals surface area contributed by atoms with Gasteiger partial charge in [0, 0.05) is 23.8 Å². The summed E-state index contributed by atoms with van der Waals surface area (Å²) in [5, 5.41) is 7.04. The van der Waals surface area contributed by atoms with Crippen molar-refractivity contribution in [3.63, 3.8) is 0 Å². The fraction of sp³-hybridized carbons (Fsp3) is 0.231. The number of hydrogen-bond acceptors (Lipinski definition) is 11. The summed E-state index contributed by atoms with van der Waals surface area (Å²) < 4.78 is 7.13. The van der Waals surface area contributed by atoms with Crippen LogP contribution in [0.1, 0.15) is 33.4 Å². The number of esters is 1. The van der Waals surface area contributed by atoms with Crippen LogP contribution in [-0.2, 0) is 17.8 Å². The van der Waals surface area contributed by atoms with Crippen molar-refractivity contribution in [2.24, 2.45) is 0 Å². The van der Waals surface area contributed by atoms with Gasteiger partial charge in [0.15, 0.2) is 22.1 Å². The van der Waals surface area contributed by atoms with Gasteiger partial charge < -0.3 is 14.6 Å². The summed E-state index contributed by atoms with van der Waals surface area (Å²) in [6, 6.07) is 12.3. The fourth-order valence-corrected chi connectivity index (χ4v) is 5.05. The molecule has 0 aliphatic heterocycles. The average molecular weight is 547 g/mol. The minimum Gasteiger partial charge on any atom is -0.462 e. The minimum absolute atomic E-state index is 0.300. The van der Waals surface area contributed by atoms with E-state index in [1.807, 2.05) is 16.7 Å². The second-order valence-electron chi connectivity index (χ2n) is 8.28. The maximum atomic E-state index is 12.3. The molecule has 0 unspecified atom stereocenters. The van der Waals surface area contributed by atoms with Gasteiger partial charge in [-0.15, -0.1) is 11.8 Å². The molecule has 0 radical (unpaired) electrons. The first-order valence-electron chi connectivity index (χ1n) is 11.9. The number of fused-ring (bicyclic) bond motifs is 1. The molecule has 0 atom stereocenters. The van der Waals surface area contributed by atoms with Crippen LogP contribution in [0.2, 0.25) is 0 Å². The lowest BCUT2D eigenvalue weighted by molar-refractivity contribution is 0.0531. The molecule has 0 saturated heterocycles. The zero-order valence-corrected chi connectivity index (χ0v) is 22.8. The predicted molar refractivity (Wildman–Crippen MR) is 150 cm³/mol. The number of carbonyl (C=O) groups is 1. The third-order valence-corrected chi connectivity index (χ3v) is 7.43. The summed E-state index contributed by atoms with van der Waals surface area (Å²) in [4.78, 5) is 36.7. The summed E-state index contributed by atoms with van der Waals surface area (Å²) in [6.07, 6.45) is 7.37. The Morgan fingerprint density at radius 2 is 1.97 bits per heavy atom. The molecule has 12 heteroatoms. The quantitative estimate of drug-likeness (QED) is 0.177.